The van der Waals surface area contributed by atoms with Crippen LogP contribution < -0.4 is 29.6 Å². The van der Waals surface area contributed by atoms with E-state index in [0.717, 1.165) is 35.4 Å². The highest BCUT2D eigenvalue weighted by molar-refractivity contribution is 7.16. The maximum absolute atomic E-state index is 13.0. The molecule has 36 heavy (non-hydrogen) atoms. The third kappa shape index (κ3) is 4.35. The maximum Gasteiger partial charge on any atom is 0.343 e. The summed E-state index contributed by atoms with van der Waals surface area (Å²) in [7, 11) is 4.47. The lowest BCUT2D eigenvalue weighted by Crippen LogP contribution is -2.38. The van der Waals surface area contributed by atoms with Crippen LogP contribution in [0.4, 0.5) is 5.00 Å². The standard InChI is InChI=1S/C27H28N2O6S/c1-14-5-10-18-21(11-14)36-26-22(18)25(30)28-24(29-26)15-6-8-17(9-7-15)35-27(31)16-12-19(32-2)23(34-4)20(13-16)33-3/h6-9,12-14,24,29H,5,10-11H2,1-4H3,(H,28,30)/t14-,24-/m0/s1. The Hall–Kier alpha value is -3.72. The molecule has 2 atom stereocenters. The number of hydrogen-bond acceptors (Lipinski definition) is 8. The molecule has 9 heteroatoms. The summed E-state index contributed by atoms with van der Waals surface area (Å²) in [6.07, 6.45) is 2.73. The number of ether oxygens (including phenoxy) is 4. The van der Waals surface area contributed by atoms with E-state index in [9.17, 15) is 9.59 Å². The lowest BCUT2D eigenvalue weighted by molar-refractivity contribution is 0.0733. The van der Waals surface area contributed by atoms with Crippen molar-refractivity contribution < 1.29 is 28.5 Å². The van der Waals surface area contributed by atoms with Crippen LogP contribution in [0.5, 0.6) is 23.0 Å². The SMILES string of the molecule is COc1cc(C(=O)Oc2ccc([C@H]3NC(=O)c4c(sc5c4CC[C@H](C)C5)N3)cc2)cc(OC)c1OC. The number of amides is 1. The molecular formula is C27H28N2O6S. The van der Waals surface area contributed by atoms with Crippen LogP contribution in [0, 0.1) is 5.92 Å². The molecule has 2 aliphatic rings. The third-order valence-corrected chi connectivity index (χ3v) is 7.80. The van der Waals surface area contributed by atoms with E-state index in [1.54, 1.807) is 35.6 Å². The Morgan fingerprint density at radius 3 is 2.33 bits per heavy atom. The molecule has 1 aromatic heterocycles. The molecule has 2 heterocycles. The minimum Gasteiger partial charge on any atom is -0.493 e. The van der Waals surface area contributed by atoms with Gasteiger partial charge in [0.15, 0.2) is 11.5 Å². The van der Waals surface area contributed by atoms with Crippen LogP contribution in [0.3, 0.4) is 0 Å². The number of fused-ring (bicyclic) bond motifs is 3. The van der Waals surface area contributed by atoms with E-state index in [4.69, 9.17) is 18.9 Å². The van der Waals surface area contributed by atoms with E-state index in [1.165, 1.54) is 31.8 Å². The number of carbonyl (C=O) groups is 2. The normalized spacial score (nSPS) is 18.3. The first kappa shape index (κ1) is 24.0. The Morgan fingerprint density at radius 2 is 1.69 bits per heavy atom. The predicted octanol–water partition coefficient (Wildman–Crippen LogP) is 4.97. The first-order valence-electron chi connectivity index (χ1n) is 11.8. The van der Waals surface area contributed by atoms with Gasteiger partial charge in [-0.15, -0.1) is 11.3 Å². The van der Waals surface area contributed by atoms with Crippen LogP contribution in [0.2, 0.25) is 0 Å². The predicted molar refractivity (Wildman–Crippen MR) is 137 cm³/mol. The molecule has 1 aliphatic heterocycles. The summed E-state index contributed by atoms with van der Waals surface area (Å²) in [4.78, 5) is 27.1. The van der Waals surface area contributed by atoms with Gasteiger partial charge in [0.25, 0.3) is 5.91 Å². The molecule has 0 saturated carbocycles. The van der Waals surface area contributed by atoms with Gasteiger partial charge in [0.2, 0.25) is 5.75 Å². The minimum absolute atomic E-state index is 0.0429. The first-order chi connectivity index (χ1) is 17.4. The summed E-state index contributed by atoms with van der Waals surface area (Å²) in [6.45, 7) is 2.26. The molecular weight excluding hydrogens is 480 g/mol. The number of rotatable bonds is 6. The van der Waals surface area contributed by atoms with Gasteiger partial charge in [0, 0.05) is 4.88 Å². The van der Waals surface area contributed by atoms with E-state index in [1.807, 2.05) is 12.1 Å². The molecule has 0 radical (unpaired) electrons. The molecule has 1 amide bonds. The number of carbonyl (C=O) groups excluding carboxylic acids is 2. The molecule has 188 valence electrons. The fourth-order valence-electron chi connectivity index (χ4n) is 4.72. The fraction of sp³-hybridized carbons (Fsp3) is 0.333. The number of methoxy groups -OCH3 is 3. The number of nitrogens with one attached hydrogen (secondary N) is 2. The zero-order valence-corrected chi connectivity index (χ0v) is 21.4. The van der Waals surface area contributed by atoms with Gasteiger partial charge in [-0.2, -0.15) is 0 Å². The first-order valence-corrected chi connectivity index (χ1v) is 12.6. The third-order valence-electron chi connectivity index (χ3n) is 6.61. The Bertz CT molecular complexity index is 1290. The second-order valence-corrected chi connectivity index (χ2v) is 10.1. The van der Waals surface area contributed by atoms with E-state index in [0.29, 0.717) is 28.9 Å². The number of thiophene rings is 1. The molecule has 3 aromatic rings. The van der Waals surface area contributed by atoms with Crippen LogP contribution in [0.15, 0.2) is 36.4 Å². The van der Waals surface area contributed by atoms with E-state index < -0.39 is 5.97 Å². The molecule has 0 fully saturated rings. The van der Waals surface area contributed by atoms with Gasteiger partial charge < -0.3 is 29.6 Å². The maximum atomic E-state index is 13.0. The molecule has 8 nitrogen and oxygen atoms in total. The smallest absolute Gasteiger partial charge is 0.343 e. The Morgan fingerprint density at radius 1 is 1.00 bits per heavy atom. The van der Waals surface area contributed by atoms with Gasteiger partial charge in [-0.25, -0.2) is 4.79 Å². The van der Waals surface area contributed by atoms with Gasteiger partial charge >= 0.3 is 5.97 Å². The zero-order valence-electron chi connectivity index (χ0n) is 20.6. The van der Waals surface area contributed by atoms with Crippen LogP contribution >= 0.6 is 11.3 Å². The fourth-order valence-corrected chi connectivity index (χ4v) is 6.16. The van der Waals surface area contributed by atoms with Crippen molar-refractivity contribution in [1.29, 1.82) is 0 Å². The molecule has 0 saturated heterocycles. The number of anilines is 1. The highest BCUT2D eigenvalue weighted by atomic mass is 32.1. The van der Waals surface area contributed by atoms with Gasteiger partial charge in [-0.1, -0.05) is 19.1 Å². The molecule has 0 unspecified atom stereocenters. The topological polar surface area (TPSA) is 95.1 Å². The summed E-state index contributed by atoms with van der Waals surface area (Å²) < 4.78 is 21.5. The molecule has 2 N–H and O–H groups in total. The number of esters is 1. The van der Waals surface area contributed by atoms with Crippen molar-refractivity contribution in [3.63, 3.8) is 0 Å². The number of hydrogen-bond donors (Lipinski definition) is 2. The van der Waals surface area contributed by atoms with Crippen LogP contribution in [-0.4, -0.2) is 33.2 Å². The Labute approximate surface area is 213 Å². The van der Waals surface area contributed by atoms with Crippen molar-refractivity contribution in [3.8, 4) is 23.0 Å². The van der Waals surface area contributed by atoms with Gasteiger partial charge in [-0.3, -0.25) is 4.79 Å². The van der Waals surface area contributed by atoms with Crippen molar-refractivity contribution in [2.45, 2.75) is 32.4 Å². The van der Waals surface area contributed by atoms with E-state index in [2.05, 4.69) is 17.6 Å². The lowest BCUT2D eigenvalue weighted by atomic mass is 9.88. The Balaban J connectivity index is 1.31. The quantitative estimate of drug-likeness (QED) is 0.358. The van der Waals surface area contributed by atoms with E-state index in [-0.39, 0.29) is 17.6 Å². The zero-order chi connectivity index (χ0) is 25.4. The summed E-state index contributed by atoms with van der Waals surface area (Å²) in [5.74, 6) is 1.54. The molecule has 5 rings (SSSR count). The van der Waals surface area contributed by atoms with Gasteiger partial charge in [-0.05, 0) is 60.6 Å². The Kier molecular flexibility index (Phi) is 6.49. The second-order valence-electron chi connectivity index (χ2n) is 8.98. The largest absolute Gasteiger partial charge is 0.493 e. The van der Waals surface area contributed by atoms with Crippen LogP contribution in [-0.2, 0) is 12.8 Å². The van der Waals surface area contributed by atoms with Gasteiger partial charge in [0.1, 0.15) is 16.9 Å². The molecule has 0 spiro atoms. The van der Waals surface area contributed by atoms with Crippen molar-refractivity contribution in [3.05, 3.63) is 63.5 Å². The summed E-state index contributed by atoms with van der Waals surface area (Å²) in [6, 6.07) is 10.1. The molecule has 1 aliphatic carbocycles. The number of benzene rings is 2. The summed E-state index contributed by atoms with van der Waals surface area (Å²) in [5, 5.41) is 7.48. The summed E-state index contributed by atoms with van der Waals surface area (Å²) >= 11 is 1.69. The minimum atomic E-state index is -0.561. The van der Waals surface area contributed by atoms with Crippen molar-refractivity contribution in [2.24, 2.45) is 5.92 Å². The highest BCUT2D eigenvalue weighted by Crippen LogP contribution is 2.43. The second kappa shape index (κ2) is 9.73. The van der Waals surface area contributed by atoms with Gasteiger partial charge in [0.05, 0.1) is 32.5 Å². The highest BCUT2D eigenvalue weighted by Gasteiger charge is 2.33. The summed E-state index contributed by atoms with van der Waals surface area (Å²) in [5.41, 5.74) is 3.12. The van der Waals surface area contributed by atoms with Crippen LogP contribution in [0.1, 0.15) is 56.2 Å². The molecule has 0 bridgehead atoms. The monoisotopic (exact) mass is 508 g/mol. The van der Waals surface area contributed by atoms with Crippen LogP contribution in [0.25, 0.3) is 0 Å². The average Bonchev–Trinajstić information content (AvgIpc) is 3.25. The van der Waals surface area contributed by atoms with Crippen molar-refractivity contribution in [2.75, 3.05) is 26.6 Å². The molecule has 2 aromatic carbocycles. The lowest BCUT2D eigenvalue weighted by Gasteiger charge is -2.27. The van der Waals surface area contributed by atoms with Crippen molar-refractivity contribution in [1.82, 2.24) is 5.32 Å². The van der Waals surface area contributed by atoms with E-state index >= 15 is 0 Å². The average molecular weight is 509 g/mol. The van der Waals surface area contributed by atoms with Crippen molar-refractivity contribution >= 4 is 28.2 Å².